The molecule has 0 saturated carbocycles. The van der Waals surface area contributed by atoms with Crippen molar-refractivity contribution < 1.29 is 19.3 Å². The lowest BCUT2D eigenvalue weighted by molar-refractivity contribution is -0.0465. The van der Waals surface area contributed by atoms with Crippen LogP contribution < -0.4 is 16.7 Å². The molecule has 0 radical (unpaired) electrons. The lowest BCUT2D eigenvalue weighted by Crippen LogP contribution is -2.48. The number of aliphatic hydroxyl groups is 2. The summed E-state index contributed by atoms with van der Waals surface area (Å²) in [4.78, 5) is 28.6. The summed E-state index contributed by atoms with van der Waals surface area (Å²) in [5, 5.41) is 19.2. The van der Waals surface area contributed by atoms with E-state index in [1.165, 1.54) is 11.8 Å². The number of aliphatic hydroxyl groups excluding tert-OH is 2. The summed E-state index contributed by atoms with van der Waals surface area (Å²) in [6.07, 6.45) is -2.10. The van der Waals surface area contributed by atoms with E-state index in [1.807, 2.05) is 6.92 Å². The molecule has 1 aromatic heterocycles. The van der Waals surface area contributed by atoms with Crippen LogP contribution in [0.2, 0.25) is 0 Å². The van der Waals surface area contributed by atoms with Gasteiger partial charge in [-0.05, 0) is 6.92 Å². The van der Waals surface area contributed by atoms with E-state index in [0.717, 1.165) is 10.8 Å². The minimum Gasteiger partial charge on any atom is -0.394 e. The molecule has 2 aliphatic heterocycles. The molecule has 2 aliphatic rings. The second-order valence-corrected chi connectivity index (χ2v) is 6.64. The van der Waals surface area contributed by atoms with E-state index < -0.39 is 42.1 Å². The highest BCUT2D eigenvalue weighted by molar-refractivity contribution is 8.14. The van der Waals surface area contributed by atoms with Crippen LogP contribution in [-0.4, -0.2) is 55.2 Å². The molecule has 4 atom stereocenters. The molecule has 3 heterocycles. The van der Waals surface area contributed by atoms with Crippen molar-refractivity contribution in [2.45, 2.75) is 37.8 Å². The van der Waals surface area contributed by atoms with E-state index in [2.05, 4.69) is 10.4 Å². The number of thioether (sulfide) groups is 1. The Kier molecular flexibility index (Phi) is 4.76. The molecule has 3 rings (SSSR count). The zero-order valence-electron chi connectivity index (χ0n) is 12.8. The van der Waals surface area contributed by atoms with Crippen LogP contribution in [0.1, 0.15) is 19.6 Å². The van der Waals surface area contributed by atoms with Crippen molar-refractivity contribution in [3.05, 3.63) is 32.9 Å². The molecule has 3 N–H and O–H groups in total. The molecule has 1 saturated heterocycles. The summed E-state index contributed by atoms with van der Waals surface area (Å²) in [6.45, 7) is 1.44. The van der Waals surface area contributed by atoms with Crippen LogP contribution >= 0.6 is 11.8 Å². The number of aromatic nitrogens is 2. The van der Waals surface area contributed by atoms with Crippen molar-refractivity contribution >= 4 is 16.9 Å². The SMILES string of the molecule is CC1CSC(Nn2c(=O)c(F)cn([C@H]3C[C@H](O)[C@@H](CO)O3)c2=O)=N1. The highest BCUT2D eigenvalue weighted by Gasteiger charge is 2.35. The maximum Gasteiger partial charge on any atom is 0.352 e. The van der Waals surface area contributed by atoms with E-state index in [0.29, 0.717) is 15.6 Å². The van der Waals surface area contributed by atoms with Gasteiger partial charge in [-0.15, -0.1) is 0 Å². The first-order valence-corrected chi connectivity index (χ1v) is 8.35. The second kappa shape index (κ2) is 6.67. The number of amidine groups is 1. The van der Waals surface area contributed by atoms with Crippen LogP contribution in [0.4, 0.5) is 4.39 Å². The Morgan fingerprint density at radius 1 is 1.54 bits per heavy atom. The minimum absolute atomic E-state index is 0.00446. The van der Waals surface area contributed by atoms with Crippen LogP contribution in [0, 0.1) is 5.82 Å². The van der Waals surface area contributed by atoms with Gasteiger partial charge in [-0.3, -0.25) is 19.8 Å². The fourth-order valence-electron chi connectivity index (χ4n) is 2.53. The van der Waals surface area contributed by atoms with Crippen molar-refractivity contribution in [1.82, 2.24) is 9.24 Å². The molecule has 1 unspecified atom stereocenters. The van der Waals surface area contributed by atoms with Gasteiger partial charge in [0.25, 0.3) is 0 Å². The molecule has 0 amide bonds. The molecule has 0 spiro atoms. The summed E-state index contributed by atoms with van der Waals surface area (Å²) in [5.41, 5.74) is 0.550. The average Bonchev–Trinajstić information content (AvgIpc) is 3.12. The molecule has 0 aliphatic carbocycles. The largest absolute Gasteiger partial charge is 0.394 e. The quantitative estimate of drug-likeness (QED) is 0.621. The first-order valence-electron chi connectivity index (χ1n) is 7.36. The van der Waals surface area contributed by atoms with Gasteiger partial charge < -0.3 is 14.9 Å². The number of ether oxygens (including phenoxy) is 1. The lowest BCUT2D eigenvalue weighted by atomic mass is 10.2. The van der Waals surface area contributed by atoms with Crippen LogP contribution in [0.25, 0.3) is 0 Å². The van der Waals surface area contributed by atoms with Crippen molar-refractivity contribution in [2.75, 3.05) is 17.8 Å². The maximum atomic E-state index is 14.0. The zero-order valence-corrected chi connectivity index (χ0v) is 13.6. The molecule has 1 fully saturated rings. The third kappa shape index (κ3) is 3.11. The van der Waals surface area contributed by atoms with Gasteiger partial charge in [0.2, 0.25) is 5.82 Å². The number of nitrogens with one attached hydrogen (secondary N) is 1. The molecule has 9 nitrogen and oxygen atoms in total. The van der Waals surface area contributed by atoms with Crippen molar-refractivity contribution in [3.63, 3.8) is 0 Å². The Hall–Kier alpha value is -1.69. The highest BCUT2D eigenvalue weighted by Crippen LogP contribution is 2.27. The summed E-state index contributed by atoms with van der Waals surface area (Å²) in [5.74, 6) is -0.458. The van der Waals surface area contributed by atoms with Gasteiger partial charge in [0.1, 0.15) is 12.3 Å². The Balaban J connectivity index is 1.96. The number of rotatable bonds is 3. The molecule has 24 heavy (non-hydrogen) atoms. The summed E-state index contributed by atoms with van der Waals surface area (Å²) in [6, 6.07) is 0.0302. The van der Waals surface area contributed by atoms with Gasteiger partial charge in [0.05, 0.1) is 24.9 Å². The van der Waals surface area contributed by atoms with E-state index >= 15 is 0 Å². The third-order valence-corrected chi connectivity index (χ3v) is 4.89. The number of halogens is 1. The van der Waals surface area contributed by atoms with Gasteiger partial charge in [0, 0.05) is 12.2 Å². The molecule has 132 valence electrons. The average molecular weight is 360 g/mol. The molecular formula is C13H17FN4O5S. The third-order valence-electron chi connectivity index (χ3n) is 3.77. The van der Waals surface area contributed by atoms with Gasteiger partial charge in [-0.2, -0.15) is 9.07 Å². The van der Waals surface area contributed by atoms with E-state index in [4.69, 9.17) is 9.84 Å². The standard InChI is InChI=1S/C13H17FN4O5S/c1-6-5-24-12(15-6)16-18-11(21)7(14)3-17(13(18)22)10-2-8(20)9(4-19)23-10/h3,6,8-10,19-20H,2,4-5H2,1H3,(H,15,16)/t6?,8-,9+,10+/m0/s1. The molecule has 11 heteroatoms. The fourth-order valence-corrected chi connectivity index (χ4v) is 3.41. The number of hydrogen-bond acceptors (Lipinski definition) is 8. The first kappa shape index (κ1) is 17.1. The number of aliphatic imine (C=N–C) groups is 1. The van der Waals surface area contributed by atoms with Crippen LogP contribution in [0.15, 0.2) is 20.8 Å². The summed E-state index contributed by atoms with van der Waals surface area (Å²) >= 11 is 1.32. The normalized spacial score (nSPS) is 29.8. The Labute approximate surface area is 139 Å². The van der Waals surface area contributed by atoms with Crippen molar-refractivity contribution in [3.8, 4) is 0 Å². The van der Waals surface area contributed by atoms with E-state index in [1.54, 1.807) is 0 Å². The fraction of sp³-hybridized carbons (Fsp3) is 0.615. The van der Waals surface area contributed by atoms with Crippen LogP contribution in [0.3, 0.4) is 0 Å². The highest BCUT2D eigenvalue weighted by atomic mass is 32.2. The Morgan fingerprint density at radius 3 is 2.88 bits per heavy atom. The number of hydrogen-bond donors (Lipinski definition) is 3. The van der Waals surface area contributed by atoms with Crippen LogP contribution in [0.5, 0.6) is 0 Å². The van der Waals surface area contributed by atoms with Gasteiger partial charge in [-0.1, -0.05) is 11.8 Å². The minimum atomic E-state index is -1.15. The number of nitrogens with zero attached hydrogens (tertiary/aromatic N) is 3. The molecule has 0 aromatic carbocycles. The van der Waals surface area contributed by atoms with Gasteiger partial charge in [-0.25, -0.2) is 4.79 Å². The summed E-state index contributed by atoms with van der Waals surface area (Å²) in [7, 11) is 0. The van der Waals surface area contributed by atoms with Gasteiger partial charge >= 0.3 is 11.2 Å². The van der Waals surface area contributed by atoms with E-state index in [9.17, 15) is 19.1 Å². The second-order valence-electron chi connectivity index (χ2n) is 5.63. The lowest BCUT2D eigenvalue weighted by Gasteiger charge is -2.17. The predicted molar refractivity (Wildman–Crippen MR) is 85.3 cm³/mol. The van der Waals surface area contributed by atoms with E-state index in [-0.39, 0.29) is 12.5 Å². The molecule has 1 aromatic rings. The Bertz CT molecular complexity index is 779. The molecule has 0 bridgehead atoms. The maximum absolute atomic E-state index is 14.0. The predicted octanol–water partition coefficient (Wildman–Crippen LogP) is -1.18. The van der Waals surface area contributed by atoms with Crippen LogP contribution in [-0.2, 0) is 4.74 Å². The van der Waals surface area contributed by atoms with Gasteiger partial charge in [0.15, 0.2) is 5.17 Å². The smallest absolute Gasteiger partial charge is 0.352 e. The Morgan fingerprint density at radius 2 is 2.29 bits per heavy atom. The first-order chi connectivity index (χ1) is 11.4. The van der Waals surface area contributed by atoms with Crippen molar-refractivity contribution in [2.24, 2.45) is 4.99 Å². The zero-order chi connectivity index (χ0) is 17.4. The summed E-state index contributed by atoms with van der Waals surface area (Å²) < 4.78 is 20.7. The van der Waals surface area contributed by atoms with Crippen molar-refractivity contribution in [1.29, 1.82) is 0 Å². The molecular weight excluding hydrogens is 343 g/mol. The topological polar surface area (TPSA) is 118 Å². The monoisotopic (exact) mass is 360 g/mol.